The number of pyridine rings is 1. The summed E-state index contributed by atoms with van der Waals surface area (Å²) in [6.45, 7) is 2.30. The summed E-state index contributed by atoms with van der Waals surface area (Å²) in [7, 11) is 0. The molecule has 1 N–H and O–H groups in total. The minimum absolute atomic E-state index is 0.209. The highest BCUT2D eigenvalue weighted by atomic mass is 19.4. The lowest BCUT2D eigenvalue weighted by Crippen LogP contribution is -2.41. The van der Waals surface area contributed by atoms with Gasteiger partial charge in [-0.25, -0.2) is 14.5 Å². The Morgan fingerprint density at radius 2 is 1.90 bits per heavy atom. The van der Waals surface area contributed by atoms with Crippen LogP contribution in [-0.4, -0.2) is 54.6 Å². The quantitative estimate of drug-likeness (QED) is 0.776. The van der Waals surface area contributed by atoms with E-state index in [1.54, 1.807) is 6.20 Å². The fourth-order valence-corrected chi connectivity index (χ4v) is 3.50. The van der Waals surface area contributed by atoms with Gasteiger partial charge in [-0.05, 0) is 18.9 Å². The minimum atomic E-state index is -5.08. The Morgan fingerprint density at radius 1 is 1.19 bits per heavy atom. The Hall–Kier alpha value is -3.18. The van der Waals surface area contributed by atoms with Gasteiger partial charge in [0.1, 0.15) is 12.3 Å². The van der Waals surface area contributed by atoms with E-state index in [0.29, 0.717) is 32.1 Å². The molecule has 2 aromatic rings. The Kier molecular flexibility index (Phi) is 7.08. The van der Waals surface area contributed by atoms with Crippen LogP contribution in [0.1, 0.15) is 37.1 Å². The smallest absolute Gasteiger partial charge is 0.475 e. The highest BCUT2D eigenvalue weighted by Gasteiger charge is 2.38. The number of carbonyl (C=O) groups is 2. The normalized spacial score (nSPS) is 16.3. The highest BCUT2D eigenvalue weighted by molar-refractivity contribution is 5.79. The second kappa shape index (κ2) is 9.75. The van der Waals surface area contributed by atoms with E-state index in [-0.39, 0.29) is 11.8 Å². The van der Waals surface area contributed by atoms with E-state index >= 15 is 0 Å². The van der Waals surface area contributed by atoms with E-state index < -0.39 is 12.1 Å². The summed E-state index contributed by atoms with van der Waals surface area (Å²) in [5, 5.41) is 15.5. The molecule has 1 aliphatic carbocycles. The molecule has 0 spiro atoms. The maximum Gasteiger partial charge on any atom is 0.490 e. The van der Waals surface area contributed by atoms with Gasteiger partial charge in [-0.1, -0.05) is 24.1 Å². The Labute approximate surface area is 175 Å². The third-order valence-electron chi connectivity index (χ3n) is 5.09. The van der Waals surface area contributed by atoms with E-state index in [4.69, 9.17) is 14.6 Å². The van der Waals surface area contributed by atoms with Crippen LogP contribution in [0.25, 0.3) is 0 Å². The van der Waals surface area contributed by atoms with Crippen molar-refractivity contribution in [3.63, 3.8) is 0 Å². The van der Waals surface area contributed by atoms with E-state index in [0.717, 1.165) is 24.2 Å². The summed E-state index contributed by atoms with van der Waals surface area (Å²) in [6, 6.07) is 5.54. The molecule has 1 aliphatic heterocycles. The zero-order valence-corrected chi connectivity index (χ0v) is 16.6. The molecule has 0 radical (unpaired) electrons. The molecule has 31 heavy (non-hydrogen) atoms. The largest absolute Gasteiger partial charge is 0.490 e. The molecule has 1 saturated carbocycles. The van der Waals surface area contributed by atoms with Crippen LogP contribution >= 0.6 is 0 Å². The summed E-state index contributed by atoms with van der Waals surface area (Å²) in [5.41, 5.74) is 1.76. The number of nitrogens with zero attached hydrogens (tertiary/aromatic N) is 5. The van der Waals surface area contributed by atoms with Crippen LogP contribution in [0.15, 0.2) is 24.4 Å². The molecule has 1 fully saturated rings. The number of halogens is 3. The number of carbonyl (C=O) groups excluding carboxylic acids is 1. The van der Waals surface area contributed by atoms with Crippen molar-refractivity contribution in [1.29, 1.82) is 0 Å². The molecule has 3 heterocycles. The number of carboxylic acid groups (broad SMARTS) is 1. The van der Waals surface area contributed by atoms with Crippen LogP contribution in [0, 0.1) is 5.92 Å². The van der Waals surface area contributed by atoms with Gasteiger partial charge >= 0.3 is 12.1 Å². The lowest BCUT2D eigenvalue weighted by molar-refractivity contribution is -0.192. The molecular formula is C19H22F3N5O4. The maximum atomic E-state index is 12.7. The number of rotatable bonds is 4. The summed E-state index contributed by atoms with van der Waals surface area (Å²) in [5.74, 6) is -1.70. The van der Waals surface area contributed by atoms with Crippen molar-refractivity contribution in [2.24, 2.45) is 5.92 Å². The highest BCUT2D eigenvalue weighted by Crippen LogP contribution is 2.28. The molecular weight excluding hydrogens is 419 g/mol. The van der Waals surface area contributed by atoms with Gasteiger partial charge in [-0.15, -0.1) is 5.10 Å². The van der Waals surface area contributed by atoms with Crippen molar-refractivity contribution in [3.8, 4) is 5.88 Å². The van der Waals surface area contributed by atoms with Crippen molar-refractivity contribution in [2.75, 3.05) is 6.54 Å². The van der Waals surface area contributed by atoms with Gasteiger partial charge in [0.25, 0.3) is 0 Å². The molecule has 0 bridgehead atoms. The number of hydrogen-bond donors (Lipinski definition) is 1. The molecule has 2 aromatic heterocycles. The number of aliphatic carboxylic acids is 1. The molecule has 12 heteroatoms. The van der Waals surface area contributed by atoms with Crippen LogP contribution in [0.5, 0.6) is 5.88 Å². The van der Waals surface area contributed by atoms with Gasteiger partial charge in [0.2, 0.25) is 11.8 Å². The molecule has 0 unspecified atom stereocenters. The van der Waals surface area contributed by atoms with E-state index in [1.807, 2.05) is 27.8 Å². The number of alkyl halides is 3. The Bertz CT molecular complexity index is 898. The lowest BCUT2D eigenvalue weighted by atomic mass is 10.1. The van der Waals surface area contributed by atoms with Crippen molar-refractivity contribution in [2.45, 2.75) is 51.6 Å². The van der Waals surface area contributed by atoms with Gasteiger partial charge in [0.15, 0.2) is 0 Å². The van der Waals surface area contributed by atoms with E-state index in [2.05, 4.69) is 15.3 Å². The zero-order valence-electron chi connectivity index (χ0n) is 16.6. The van der Waals surface area contributed by atoms with Crippen LogP contribution < -0.4 is 4.74 Å². The first-order valence-electron chi connectivity index (χ1n) is 9.79. The molecule has 0 aromatic carbocycles. The molecule has 2 aliphatic rings. The SMILES string of the molecule is O=C(C1CCCC1)N1CCn2nnc(COc3ccccn3)c2C1.O=C(O)C(F)(F)F. The summed E-state index contributed by atoms with van der Waals surface area (Å²) < 4.78 is 39.3. The van der Waals surface area contributed by atoms with Gasteiger partial charge in [0.05, 0.1) is 18.8 Å². The fraction of sp³-hybridized carbons (Fsp3) is 0.526. The van der Waals surface area contributed by atoms with Crippen molar-refractivity contribution >= 4 is 11.9 Å². The van der Waals surface area contributed by atoms with E-state index in [1.165, 1.54) is 12.8 Å². The number of amides is 1. The Morgan fingerprint density at radius 3 is 2.52 bits per heavy atom. The monoisotopic (exact) mass is 441 g/mol. The summed E-state index contributed by atoms with van der Waals surface area (Å²) >= 11 is 0. The zero-order chi connectivity index (χ0) is 22.4. The van der Waals surface area contributed by atoms with Crippen molar-refractivity contribution in [3.05, 3.63) is 35.8 Å². The standard InChI is InChI=1S/C17H21N5O2.C2HF3O2/c23-17(13-5-1-2-6-13)21-9-10-22-15(11-21)14(19-20-22)12-24-16-7-3-4-8-18-16;3-2(4,5)1(6)7/h3-4,7-8,13H,1-2,5-6,9-12H2;(H,6,7). The second-order valence-electron chi connectivity index (χ2n) is 7.21. The first kappa shape index (κ1) is 22.5. The topological polar surface area (TPSA) is 110 Å². The van der Waals surface area contributed by atoms with Crippen LogP contribution in [0.4, 0.5) is 13.2 Å². The average molecular weight is 441 g/mol. The predicted molar refractivity (Wildman–Crippen MR) is 99.7 cm³/mol. The summed E-state index contributed by atoms with van der Waals surface area (Å²) in [6.07, 6.45) is 1.02. The molecule has 168 valence electrons. The molecule has 9 nitrogen and oxygen atoms in total. The number of hydrogen-bond acceptors (Lipinski definition) is 6. The third kappa shape index (κ3) is 5.92. The van der Waals surface area contributed by atoms with Crippen LogP contribution in [-0.2, 0) is 29.3 Å². The molecule has 1 amide bonds. The van der Waals surface area contributed by atoms with E-state index in [9.17, 15) is 18.0 Å². The number of fused-ring (bicyclic) bond motifs is 1. The average Bonchev–Trinajstić information content (AvgIpc) is 3.42. The summed E-state index contributed by atoms with van der Waals surface area (Å²) in [4.78, 5) is 27.7. The number of carboxylic acids is 1. The molecule has 0 saturated heterocycles. The van der Waals surface area contributed by atoms with Crippen molar-refractivity contribution in [1.82, 2.24) is 24.9 Å². The lowest BCUT2D eigenvalue weighted by Gasteiger charge is -2.29. The van der Waals surface area contributed by atoms with Gasteiger partial charge in [0, 0.05) is 24.7 Å². The van der Waals surface area contributed by atoms with Gasteiger partial charge < -0.3 is 14.7 Å². The predicted octanol–water partition coefficient (Wildman–Crippen LogP) is 2.42. The first-order chi connectivity index (χ1) is 14.8. The Balaban J connectivity index is 0.000000339. The second-order valence-corrected chi connectivity index (χ2v) is 7.21. The maximum absolute atomic E-state index is 12.7. The third-order valence-corrected chi connectivity index (χ3v) is 5.09. The number of ether oxygens (including phenoxy) is 1. The number of aromatic nitrogens is 4. The van der Waals surface area contributed by atoms with Gasteiger partial charge in [-0.3, -0.25) is 4.79 Å². The van der Waals surface area contributed by atoms with Gasteiger partial charge in [-0.2, -0.15) is 13.2 Å². The van der Waals surface area contributed by atoms with Crippen LogP contribution in [0.2, 0.25) is 0 Å². The molecule has 4 rings (SSSR count). The fourth-order valence-electron chi connectivity index (χ4n) is 3.50. The molecule has 0 atom stereocenters. The first-order valence-corrected chi connectivity index (χ1v) is 9.79. The van der Waals surface area contributed by atoms with Crippen molar-refractivity contribution < 1.29 is 32.6 Å². The minimum Gasteiger partial charge on any atom is -0.475 e. The van der Waals surface area contributed by atoms with Crippen LogP contribution in [0.3, 0.4) is 0 Å².